The number of hydrogen-bond donors (Lipinski definition) is 2. The van der Waals surface area contributed by atoms with Gasteiger partial charge in [-0.05, 0) is 0 Å². The van der Waals surface area contributed by atoms with Gasteiger partial charge in [0.05, 0.1) is 7.11 Å². The maximum absolute atomic E-state index is 8.26. The summed E-state index contributed by atoms with van der Waals surface area (Å²) in [5.74, 6) is 0. The standard InChI is InChI=1S/C3H9NO3/c1-6-7-2-3(4)5/h3,5H,2,4H2,1H3. The zero-order chi connectivity index (χ0) is 5.70. The topological polar surface area (TPSA) is 64.7 Å². The molecule has 0 aromatic rings. The van der Waals surface area contributed by atoms with Gasteiger partial charge in [-0.15, -0.1) is 0 Å². The van der Waals surface area contributed by atoms with Crippen LogP contribution in [0.1, 0.15) is 0 Å². The molecule has 0 rings (SSSR count). The fraction of sp³-hybridized carbons (Fsp3) is 1.00. The molecule has 4 heteroatoms. The van der Waals surface area contributed by atoms with E-state index in [9.17, 15) is 0 Å². The lowest BCUT2D eigenvalue weighted by Gasteiger charge is -1.99. The minimum atomic E-state index is -0.944. The first-order valence-electron chi connectivity index (χ1n) is 1.86. The molecule has 0 aliphatic heterocycles. The monoisotopic (exact) mass is 107 g/mol. The van der Waals surface area contributed by atoms with E-state index in [2.05, 4.69) is 9.78 Å². The molecule has 0 aliphatic rings. The number of aliphatic hydroxyl groups is 1. The van der Waals surface area contributed by atoms with E-state index in [1.165, 1.54) is 7.11 Å². The largest absolute Gasteiger partial charge is 0.376 e. The lowest BCUT2D eigenvalue weighted by atomic mass is 10.7. The summed E-state index contributed by atoms with van der Waals surface area (Å²) in [5.41, 5.74) is 4.83. The molecular formula is C3H9NO3. The molecule has 0 bridgehead atoms. The van der Waals surface area contributed by atoms with Crippen molar-refractivity contribution in [1.29, 1.82) is 0 Å². The van der Waals surface area contributed by atoms with Crippen LogP contribution in [0.15, 0.2) is 0 Å². The maximum atomic E-state index is 8.26. The van der Waals surface area contributed by atoms with Gasteiger partial charge >= 0.3 is 0 Å². The molecular weight excluding hydrogens is 98.0 g/mol. The van der Waals surface area contributed by atoms with Gasteiger partial charge in [-0.25, -0.2) is 9.78 Å². The van der Waals surface area contributed by atoms with Crippen molar-refractivity contribution < 1.29 is 14.9 Å². The SMILES string of the molecule is COOCC(N)O. The molecule has 1 atom stereocenters. The Morgan fingerprint density at radius 3 is 2.57 bits per heavy atom. The Kier molecular flexibility index (Phi) is 3.92. The lowest BCUT2D eigenvalue weighted by molar-refractivity contribution is -0.283. The van der Waals surface area contributed by atoms with Crippen LogP contribution < -0.4 is 5.73 Å². The zero-order valence-corrected chi connectivity index (χ0v) is 4.13. The zero-order valence-electron chi connectivity index (χ0n) is 4.13. The first-order chi connectivity index (χ1) is 3.27. The van der Waals surface area contributed by atoms with Gasteiger partial charge in [0.1, 0.15) is 12.8 Å². The molecule has 0 spiro atoms. The maximum Gasteiger partial charge on any atom is 0.129 e. The Morgan fingerprint density at radius 2 is 2.43 bits per heavy atom. The highest BCUT2D eigenvalue weighted by Crippen LogP contribution is 1.73. The molecule has 0 aromatic heterocycles. The van der Waals surface area contributed by atoms with Crippen LogP contribution in [0.25, 0.3) is 0 Å². The molecule has 4 nitrogen and oxygen atoms in total. The normalized spacial score (nSPS) is 14.1. The van der Waals surface area contributed by atoms with Gasteiger partial charge in [-0.2, -0.15) is 0 Å². The highest BCUT2D eigenvalue weighted by molar-refractivity contribution is 4.32. The fourth-order valence-corrected chi connectivity index (χ4v) is 0.138. The van der Waals surface area contributed by atoms with Crippen LogP contribution in [0.4, 0.5) is 0 Å². The summed E-state index contributed by atoms with van der Waals surface area (Å²) in [6, 6.07) is 0. The van der Waals surface area contributed by atoms with Crippen LogP contribution in [0, 0.1) is 0 Å². The smallest absolute Gasteiger partial charge is 0.129 e. The second-order valence-corrected chi connectivity index (χ2v) is 1.02. The minimum Gasteiger partial charge on any atom is -0.376 e. The summed E-state index contributed by atoms with van der Waals surface area (Å²) in [5, 5.41) is 8.26. The molecule has 0 aliphatic carbocycles. The fourth-order valence-electron chi connectivity index (χ4n) is 0.138. The van der Waals surface area contributed by atoms with Crippen LogP contribution in [0.5, 0.6) is 0 Å². The molecule has 0 saturated carbocycles. The molecule has 0 aromatic carbocycles. The second kappa shape index (κ2) is 4.01. The molecule has 0 heterocycles. The summed E-state index contributed by atoms with van der Waals surface area (Å²) < 4.78 is 0. The van der Waals surface area contributed by atoms with Crippen LogP contribution in [-0.2, 0) is 9.78 Å². The summed E-state index contributed by atoms with van der Waals surface area (Å²) >= 11 is 0. The number of nitrogens with two attached hydrogens (primary N) is 1. The van der Waals surface area contributed by atoms with Crippen molar-refractivity contribution in [3.63, 3.8) is 0 Å². The van der Waals surface area contributed by atoms with Crippen molar-refractivity contribution in [2.45, 2.75) is 6.23 Å². The van der Waals surface area contributed by atoms with Gasteiger partial charge in [-0.1, -0.05) is 0 Å². The average molecular weight is 107 g/mol. The molecule has 0 radical (unpaired) electrons. The minimum absolute atomic E-state index is 0.0104. The highest BCUT2D eigenvalue weighted by atomic mass is 17.2. The van der Waals surface area contributed by atoms with E-state index < -0.39 is 6.23 Å². The van der Waals surface area contributed by atoms with Crippen molar-refractivity contribution in [2.24, 2.45) is 5.73 Å². The van der Waals surface area contributed by atoms with E-state index >= 15 is 0 Å². The summed E-state index contributed by atoms with van der Waals surface area (Å²) in [7, 11) is 1.35. The Hall–Kier alpha value is -0.160. The van der Waals surface area contributed by atoms with E-state index in [4.69, 9.17) is 10.8 Å². The van der Waals surface area contributed by atoms with Gasteiger partial charge in [-0.3, -0.25) is 0 Å². The van der Waals surface area contributed by atoms with Crippen LogP contribution in [0.2, 0.25) is 0 Å². The summed E-state index contributed by atoms with van der Waals surface area (Å²) in [4.78, 5) is 8.33. The van der Waals surface area contributed by atoms with Gasteiger partial charge < -0.3 is 10.8 Å². The summed E-state index contributed by atoms with van der Waals surface area (Å²) in [6.45, 7) is 0.0104. The van der Waals surface area contributed by atoms with Crippen LogP contribution >= 0.6 is 0 Å². The Labute approximate surface area is 41.8 Å². The Bertz CT molecular complexity index is 39.2. The van der Waals surface area contributed by atoms with Crippen LogP contribution in [0.3, 0.4) is 0 Å². The van der Waals surface area contributed by atoms with E-state index in [1.54, 1.807) is 0 Å². The molecule has 0 fully saturated rings. The Balaban J connectivity index is 2.68. The van der Waals surface area contributed by atoms with Crippen molar-refractivity contribution in [1.82, 2.24) is 0 Å². The van der Waals surface area contributed by atoms with E-state index in [-0.39, 0.29) is 6.61 Å². The summed E-state index contributed by atoms with van der Waals surface area (Å²) in [6.07, 6.45) is -0.944. The van der Waals surface area contributed by atoms with Crippen molar-refractivity contribution in [3.05, 3.63) is 0 Å². The van der Waals surface area contributed by atoms with Gasteiger partial charge in [0.2, 0.25) is 0 Å². The van der Waals surface area contributed by atoms with Crippen molar-refractivity contribution >= 4 is 0 Å². The third kappa shape index (κ3) is 5.84. The van der Waals surface area contributed by atoms with Crippen molar-refractivity contribution in [2.75, 3.05) is 13.7 Å². The molecule has 44 valence electrons. The van der Waals surface area contributed by atoms with E-state index in [0.29, 0.717) is 0 Å². The number of hydrogen-bond acceptors (Lipinski definition) is 4. The molecule has 3 N–H and O–H groups in total. The molecule has 0 amide bonds. The number of aliphatic hydroxyl groups excluding tert-OH is 1. The number of rotatable bonds is 3. The Morgan fingerprint density at radius 1 is 1.86 bits per heavy atom. The van der Waals surface area contributed by atoms with E-state index in [1.807, 2.05) is 0 Å². The van der Waals surface area contributed by atoms with Gasteiger partial charge in [0, 0.05) is 0 Å². The predicted molar refractivity (Wildman–Crippen MR) is 23.2 cm³/mol. The third-order valence-electron chi connectivity index (χ3n) is 0.357. The molecule has 7 heavy (non-hydrogen) atoms. The third-order valence-corrected chi connectivity index (χ3v) is 0.357. The van der Waals surface area contributed by atoms with Crippen LogP contribution in [-0.4, -0.2) is 25.1 Å². The van der Waals surface area contributed by atoms with Gasteiger partial charge in [0.15, 0.2) is 0 Å². The van der Waals surface area contributed by atoms with E-state index in [0.717, 1.165) is 0 Å². The predicted octanol–water partition coefficient (Wildman–Crippen LogP) is -1.16. The first kappa shape index (κ1) is 6.84. The second-order valence-electron chi connectivity index (χ2n) is 1.02. The first-order valence-corrected chi connectivity index (χ1v) is 1.86. The highest BCUT2D eigenvalue weighted by Gasteiger charge is 1.91. The lowest BCUT2D eigenvalue weighted by Crippen LogP contribution is -2.24. The quantitative estimate of drug-likeness (QED) is 0.271. The molecule has 1 unspecified atom stereocenters. The van der Waals surface area contributed by atoms with Crippen molar-refractivity contribution in [3.8, 4) is 0 Å². The average Bonchev–Trinajstić information content (AvgIpc) is 1.61. The molecule has 0 saturated heterocycles. The van der Waals surface area contributed by atoms with Gasteiger partial charge in [0.25, 0.3) is 0 Å².